The zero-order valence-electron chi connectivity index (χ0n) is 15.3. The first-order valence-electron chi connectivity index (χ1n) is 8.39. The van der Waals surface area contributed by atoms with Gasteiger partial charge in [0.15, 0.2) is 9.86 Å². The molecule has 0 aliphatic carbocycles. The van der Waals surface area contributed by atoms with E-state index in [0.717, 1.165) is 15.8 Å². The minimum Gasteiger partial charge on any atom is -0.279 e. The van der Waals surface area contributed by atoms with Crippen molar-refractivity contribution < 1.29 is 8.42 Å². The Labute approximate surface area is 170 Å². The van der Waals surface area contributed by atoms with E-state index in [2.05, 4.69) is 9.71 Å². The molecule has 2 heterocycles. The average Bonchev–Trinajstić information content (AvgIpc) is 2.94. The van der Waals surface area contributed by atoms with Gasteiger partial charge in [0.25, 0.3) is 15.6 Å². The molecule has 1 N–H and O–H groups in total. The molecule has 4 aromatic rings. The summed E-state index contributed by atoms with van der Waals surface area (Å²) in [7, 11) is -4.15. The predicted molar refractivity (Wildman–Crippen MR) is 113 cm³/mol. The second-order valence-electron chi connectivity index (χ2n) is 6.59. The molecule has 9 heteroatoms. The maximum absolute atomic E-state index is 13.2. The second kappa shape index (κ2) is 6.58. The smallest absolute Gasteiger partial charge is 0.279 e. The fourth-order valence-corrected chi connectivity index (χ4v) is 5.66. The van der Waals surface area contributed by atoms with Gasteiger partial charge in [-0.2, -0.15) is 0 Å². The number of anilines is 1. The number of sulfonamides is 1. The van der Waals surface area contributed by atoms with Gasteiger partial charge >= 0.3 is 0 Å². The molecule has 0 bridgehead atoms. The number of benzene rings is 2. The molecule has 0 unspecified atom stereocenters. The van der Waals surface area contributed by atoms with E-state index >= 15 is 0 Å². The summed E-state index contributed by atoms with van der Waals surface area (Å²) in [5.41, 5.74) is 2.32. The molecule has 2 aromatic heterocycles. The molecule has 144 valence electrons. The first-order valence-corrected chi connectivity index (χ1v) is 11.1. The lowest BCUT2D eigenvalue weighted by Gasteiger charge is -2.11. The number of halogens is 1. The first-order chi connectivity index (χ1) is 13.2. The molecular weight excluding hydrogens is 418 g/mol. The lowest BCUT2D eigenvalue weighted by molar-refractivity contribution is 0.598. The molecule has 4 rings (SSSR count). The van der Waals surface area contributed by atoms with Crippen LogP contribution in [0.2, 0.25) is 5.02 Å². The molecule has 0 aliphatic rings. The minimum absolute atomic E-state index is 0.152. The number of rotatable bonds is 3. The van der Waals surface area contributed by atoms with Crippen molar-refractivity contribution in [1.29, 1.82) is 0 Å². The standard InChI is InChI=1S/C19H16ClN3O3S2/c1-10-4-7-15-16(8-10)27-19-21-12(3)17(18(24)23(15)19)28(25,26)22-13-6-5-11(2)14(20)9-13/h4-9,22H,1-3H3. The third-order valence-corrected chi connectivity index (χ3v) is 7.35. The second-order valence-corrected chi connectivity index (χ2v) is 9.63. The van der Waals surface area contributed by atoms with E-state index in [0.29, 0.717) is 15.5 Å². The molecule has 0 saturated carbocycles. The molecule has 0 aliphatic heterocycles. The summed E-state index contributed by atoms with van der Waals surface area (Å²) in [5, 5.41) is 0.432. The van der Waals surface area contributed by atoms with Crippen molar-refractivity contribution in [2.24, 2.45) is 0 Å². The summed E-state index contributed by atoms with van der Waals surface area (Å²) in [6.07, 6.45) is 0. The topological polar surface area (TPSA) is 80.5 Å². The van der Waals surface area contributed by atoms with Crippen molar-refractivity contribution in [2.45, 2.75) is 25.7 Å². The number of aromatic nitrogens is 2. The monoisotopic (exact) mass is 433 g/mol. The largest absolute Gasteiger partial charge is 0.280 e. The zero-order chi connectivity index (χ0) is 20.2. The van der Waals surface area contributed by atoms with Crippen LogP contribution < -0.4 is 10.3 Å². The molecule has 0 atom stereocenters. The molecule has 0 radical (unpaired) electrons. The fourth-order valence-electron chi connectivity index (χ4n) is 3.03. The highest BCUT2D eigenvalue weighted by atomic mass is 35.5. The van der Waals surface area contributed by atoms with Crippen molar-refractivity contribution in [2.75, 3.05) is 4.72 Å². The highest BCUT2D eigenvalue weighted by molar-refractivity contribution is 7.92. The number of nitrogens with one attached hydrogen (secondary N) is 1. The van der Waals surface area contributed by atoms with Crippen molar-refractivity contribution in [3.8, 4) is 0 Å². The normalized spacial score (nSPS) is 12.0. The molecular formula is C19H16ClN3O3S2. The zero-order valence-corrected chi connectivity index (χ0v) is 17.7. The van der Waals surface area contributed by atoms with Crippen LogP contribution in [0.15, 0.2) is 46.1 Å². The van der Waals surface area contributed by atoms with E-state index in [4.69, 9.17) is 11.6 Å². The predicted octanol–water partition coefficient (Wildman–Crippen LogP) is 4.29. The third kappa shape index (κ3) is 3.07. The maximum atomic E-state index is 13.2. The van der Waals surface area contributed by atoms with Crippen LogP contribution >= 0.6 is 22.9 Å². The molecule has 0 fully saturated rings. The lowest BCUT2D eigenvalue weighted by atomic mass is 10.2. The number of fused-ring (bicyclic) bond motifs is 3. The molecule has 28 heavy (non-hydrogen) atoms. The summed E-state index contributed by atoms with van der Waals surface area (Å²) in [6.45, 7) is 5.30. The Hall–Kier alpha value is -2.42. The number of thiazole rings is 1. The van der Waals surface area contributed by atoms with Crippen LogP contribution in [0.5, 0.6) is 0 Å². The Balaban J connectivity index is 1.93. The van der Waals surface area contributed by atoms with E-state index in [9.17, 15) is 13.2 Å². The molecule has 0 spiro atoms. The van der Waals surface area contributed by atoms with Gasteiger partial charge in [-0.3, -0.25) is 9.52 Å². The van der Waals surface area contributed by atoms with E-state index in [1.54, 1.807) is 18.2 Å². The molecule has 0 amide bonds. The first kappa shape index (κ1) is 18.9. The van der Waals surface area contributed by atoms with Crippen molar-refractivity contribution in [3.63, 3.8) is 0 Å². The van der Waals surface area contributed by atoms with Crippen molar-refractivity contribution in [3.05, 3.63) is 68.6 Å². The van der Waals surface area contributed by atoms with Crippen LogP contribution in [-0.4, -0.2) is 17.8 Å². The van der Waals surface area contributed by atoms with Gasteiger partial charge in [0.2, 0.25) is 0 Å². The number of aryl methyl sites for hydroxylation is 3. The van der Waals surface area contributed by atoms with Gasteiger partial charge in [-0.25, -0.2) is 17.8 Å². The van der Waals surface area contributed by atoms with E-state index in [1.807, 2.05) is 26.0 Å². The maximum Gasteiger partial charge on any atom is 0.280 e. The molecule has 0 saturated heterocycles. The van der Waals surface area contributed by atoms with Gasteiger partial charge < -0.3 is 0 Å². The minimum atomic E-state index is -4.15. The highest BCUT2D eigenvalue weighted by Crippen LogP contribution is 2.27. The Morgan fingerprint density at radius 3 is 2.57 bits per heavy atom. The Bertz CT molecular complexity index is 1420. The van der Waals surface area contributed by atoms with Gasteiger partial charge in [-0.15, -0.1) is 0 Å². The summed E-state index contributed by atoms with van der Waals surface area (Å²) in [4.78, 5) is 17.6. The van der Waals surface area contributed by atoms with Crippen molar-refractivity contribution in [1.82, 2.24) is 9.38 Å². The number of nitrogens with zero attached hydrogens (tertiary/aromatic N) is 2. The summed E-state index contributed by atoms with van der Waals surface area (Å²) < 4.78 is 30.6. The summed E-state index contributed by atoms with van der Waals surface area (Å²) in [6, 6.07) is 10.4. The van der Waals surface area contributed by atoms with Crippen LogP contribution in [0.3, 0.4) is 0 Å². The van der Waals surface area contributed by atoms with Crippen LogP contribution in [0.25, 0.3) is 15.2 Å². The van der Waals surface area contributed by atoms with E-state index in [1.165, 1.54) is 28.7 Å². The van der Waals surface area contributed by atoms with E-state index in [-0.39, 0.29) is 16.3 Å². The quantitative estimate of drug-likeness (QED) is 0.522. The Morgan fingerprint density at radius 1 is 1.11 bits per heavy atom. The summed E-state index contributed by atoms with van der Waals surface area (Å²) >= 11 is 7.43. The SMILES string of the molecule is Cc1ccc2c(c1)sc1nc(C)c(S(=O)(=O)Nc3ccc(C)c(Cl)c3)c(=O)n12. The highest BCUT2D eigenvalue weighted by Gasteiger charge is 2.25. The number of hydrogen-bond donors (Lipinski definition) is 1. The fraction of sp³-hybridized carbons (Fsp3) is 0.158. The van der Waals surface area contributed by atoms with Gasteiger partial charge in [-0.1, -0.05) is 35.1 Å². The third-order valence-electron chi connectivity index (χ3n) is 4.43. The molecule has 2 aromatic carbocycles. The lowest BCUT2D eigenvalue weighted by Crippen LogP contribution is -2.27. The van der Waals surface area contributed by atoms with Crippen LogP contribution in [0.4, 0.5) is 5.69 Å². The van der Waals surface area contributed by atoms with Crippen LogP contribution in [0.1, 0.15) is 16.8 Å². The van der Waals surface area contributed by atoms with Gasteiger partial charge in [0.1, 0.15) is 0 Å². The number of hydrogen-bond acceptors (Lipinski definition) is 5. The average molecular weight is 434 g/mol. The van der Waals surface area contributed by atoms with Gasteiger partial charge in [0, 0.05) is 5.02 Å². The van der Waals surface area contributed by atoms with E-state index < -0.39 is 15.6 Å². The summed E-state index contributed by atoms with van der Waals surface area (Å²) in [5.74, 6) is 0. The van der Waals surface area contributed by atoms with Gasteiger partial charge in [-0.05, 0) is 56.2 Å². The van der Waals surface area contributed by atoms with Crippen LogP contribution in [0, 0.1) is 20.8 Å². The molecule has 6 nitrogen and oxygen atoms in total. The van der Waals surface area contributed by atoms with Gasteiger partial charge in [0.05, 0.1) is 21.6 Å². The van der Waals surface area contributed by atoms with Crippen molar-refractivity contribution >= 4 is 53.8 Å². The Morgan fingerprint density at radius 2 is 1.86 bits per heavy atom. The Kier molecular flexibility index (Phi) is 4.45. The van der Waals surface area contributed by atoms with Crippen LogP contribution in [-0.2, 0) is 10.0 Å².